The summed E-state index contributed by atoms with van der Waals surface area (Å²) >= 11 is 0. The van der Waals surface area contributed by atoms with Crippen LogP contribution in [-0.4, -0.2) is 102 Å². The Bertz CT molecular complexity index is 1530. The summed E-state index contributed by atoms with van der Waals surface area (Å²) in [5, 5.41) is 9.10. The molecule has 0 saturated carbocycles. The van der Waals surface area contributed by atoms with Crippen molar-refractivity contribution in [1.29, 1.82) is 0 Å². The average Bonchev–Trinajstić information content (AvgIpc) is 3.49. The molecule has 0 aliphatic carbocycles. The van der Waals surface area contributed by atoms with E-state index in [1.165, 1.54) is 25.5 Å². The third-order valence-electron chi connectivity index (χ3n) is 9.80. The van der Waals surface area contributed by atoms with E-state index in [1.54, 1.807) is 17.3 Å². The molecule has 3 aromatic rings. The molecule has 2 aliphatic rings. The summed E-state index contributed by atoms with van der Waals surface area (Å²) in [6.45, 7) is 20.4. The SMILES string of the molecule is COc1nc(NCCCN2CCN(C)CC2)nc(OC)c1NC(=O)c1ccc(Oc2cc3c(cc2C)[Si](C)(C)C(C)C[Si]3(C)C)o1. The summed E-state index contributed by atoms with van der Waals surface area (Å²) in [5.74, 6) is 1.33. The van der Waals surface area contributed by atoms with Gasteiger partial charge in [0.2, 0.25) is 17.7 Å². The summed E-state index contributed by atoms with van der Waals surface area (Å²) in [7, 11) is 1.95. The molecule has 1 atom stereocenters. The summed E-state index contributed by atoms with van der Waals surface area (Å²) < 4.78 is 23.1. The highest BCUT2D eigenvalue weighted by molar-refractivity contribution is 7.04. The molecule has 13 heteroatoms. The lowest BCUT2D eigenvalue weighted by Crippen LogP contribution is -2.65. The van der Waals surface area contributed by atoms with E-state index in [1.807, 2.05) is 0 Å². The minimum Gasteiger partial charge on any atom is -0.479 e. The summed E-state index contributed by atoms with van der Waals surface area (Å²) in [6.07, 6.45) is 0.947. The zero-order chi connectivity index (χ0) is 33.2. The number of anilines is 2. The van der Waals surface area contributed by atoms with Gasteiger partial charge in [-0.3, -0.25) is 4.79 Å². The van der Waals surface area contributed by atoms with Gasteiger partial charge in [0.1, 0.15) is 5.75 Å². The van der Waals surface area contributed by atoms with Gasteiger partial charge in [0.25, 0.3) is 11.9 Å². The lowest BCUT2D eigenvalue weighted by molar-refractivity contribution is 0.0990. The van der Waals surface area contributed by atoms with Crippen LogP contribution in [0.5, 0.6) is 23.5 Å². The minimum atomic E-state index is -1.62. The Balaban J connectivity index is 1.25. The van der Waals surface area contributed by atoms with Gasteiger partial charge in [-0.1, -0.05) is 55.6 Å². The fourth-order valence-corrected chi connectivity index (χ4v) is 17.1. The van der Waals surface area contributed by atoms with Crippen LogP contribution in [0.3, 0.4) is 0 Å². The first-order valence-electron chi connectivity index (χ1n) is 16.2. The van der Waals surface area contributed by atoms with Gasteiger partial charge in [0.15, 0.2) is 11.4 Å². The third-order valence-corrected chi connectivity index (χ3v) is 18.4. The number of hydrogen-bond donors (Lipinski definition) is 2. The summed E-state index contributed by atoms with van der Waals surface area (Å²) in [5.41, 5.74) is 2.04. The van der Waals surface area contributed by atoms with Crippen LogP contribution in [0.2, 0.25) is 37.8 Å². The van der Waals surface area contributed by atoms with Crippen molar-refractivity contribution in [2.45, 2.75) is 58.0 Å². The van der Waals surface area contributed by atoms with Gasteiger partial charge in [0, 0.05) is 38.8 Å². The Labute approximate surface area is 275 Å². The quantitative estimate of drug-likeness (QED) is 0.220. The van der Waals surface area contributed by atoms with Crippen molar-refractivity contribution >= 4 is 44.1 Å². The van der Waals surface area contributed by atoms with Gasteiger partial charge in [-0.05, 0) is 50.2 Å². The largest absolute Gasteiger partial charge is 0.479 e. The maximum atomic E-state index is 13.3. The first-order chi connectivity index (χ1) is 21.8. The van der Waals surface area contributed by atoms with Gasteiger partial charge < -0.3 is 39.1 Å². The maximum Gasteiger partial charge on any atom is 0.291 e. The second kappa shape index (κ2) is 13.8. The molecular weight excluding hydrogens is 617 g/mol. The molecule has 250 valence electrons. The number of hydrogen-bond acceptors (Lipinski definition) is 10. The molecule has 5 rings (SSSR count). The molecule has 2 N–H and O–H groups in total. The predicted octanol–water partition coefficient (Wildman–Crippen LogP) is 4.72. The van der Waals surface area contributed by atoms with E-state index in [9.17, 15) is 4.79 Å². The molecule has 2 aliphatic heterocycles. The van der Waals surface area contributed by atoms with Crippen LogP contribution in [0.4, 0.5) is 11.6 Å². The van der Waals surface area contributed by atoms with Crippen LogP contribution in [0, 0.1) is 6.92 Å². The topological polar surface area (TPSA) is 114 Å². The number of fused-ring (bicyclic) bond motifs is 1. The average molecular weight is 667 g/mol. The van der Waals surface area contributed by atoms with Crippen molar-refractivity contribution in [2.75, 3.05) is 71.2 Å². The Morgan fingerprint density at radius 3 is 2.35 bits per heavy atom. The van der Waals surface area contributed by atoms with Crippen molar-refractivity contribution in [3.63, 3.8) is 0 Å². The number of nitrogens with zero attached hydrogens (tertiary/aromatic N) is 4. The van der Waals surface area contributed by atoms with Crippen LogP contribution in [0.25, 0.3) is 0 Å². The molecule has 0 spiro atoms. The third kappa shape index (κ3) is 7.27. The van der Waals surface area contributed by atoms with Crippen molar-refractivity contribution < 1.29 is 23.4 Å². The Hall–Kier alpha value is -3.40. The normalized spacial score (nSPS) is 19.3. The van der Waals surface area contributed by atoms with Crippen molar-refractivity contribution in [3.8, 4) is 23.5 Å². The smallest absolute Gasteiger partial charge is 0.291 e. The van der Waals surface area contributed by atoms with Gasteiger partial charge >= 0.3 is 0 Å². The number of methoxy groups -OCH3 is 2. The number of aryl methyl sites for hydroxylation is 1. The van der Waals surface area contributed by atoms with Crippen LogP contribution in [-0.2, 0) is 0 Å². The van der Waals surface area contributed by atoms with Crippen LogP contribution in [0.15, 0.2) is 28.7 Å². The molecule has 46 heavy (non-hydrogen) atoms. The molecule has 0 radical (unpaired) electrons. The minimum absolute atomic E-state index is 0.0814. The van der Waals surface area contributed by atoms with E-state index < -0.39 is 22.1 Å². The summed E-state index contributed by atoms with van der Waals surface area (Å²) in [6, 6.07) is 9.11. The lowest BCUT2D eigenvalue weighted by atomic mass is 10.2. The molecule has 4 heterocycles. The number of aromatic nitrogens is 2. The zero-order valence-corrected chi connectivity index (χ0v) is 30.9. The van der Waals surface area contributed by atoms with E-state index in [0.717, 1.165) is 56.0 Å². The van der Waals surface area contributed by atoms with Gasteiger partial charge in [0.05, 0.1) is 30.4 Å². The molecule has 2 aromatic heterocycles. The molecule has 11 nitrogen and oxygen atoms in total. The number of ether oxygens (including phenoxy) is 3. The summed E-state index contributed by atoms with van der Waals surface area (Å²) in [4.78, 5) is 27.0. The standard InChI is InChI=1S/C33H50N6O5Si2/c1-22-19-27-26(45(6,7)21-23(2)46(27,8)9)20-25(22)44-28-12-11-24(43-28)30(40)35-29-31(41-4)36-33(37-32(29)42-5)34-13-10-14-39-17-15-38(3)16-18-39/h11-12,19-20,23H,10,13-18,21H2,1-9H3,(H,35,40)(H,34,36,37). The number of amides is 1. The second-order valence-corrected chi connectivity index (χ2v) is 23.6. The van der Waals surface area contributed by atoms with Gasteiger partial charge in [-0.2, -0.15) is 9.97 Å². The van der Waals surface area contributed by atoms with E-state index >= 15 is 0 Å². The van der Waals surface area contributed by atoms with E-state index in [0.29, 0.717) is 12.5 Å². The van der Waals surface area contributed by atoms with Crippen LogP contribution < -0.4 is 35.2 Å². The maximum absolute atomic E-state index is 13.3. The second-order valence-electron chi connectivity index (χ2n) is 13.9. The first-order valence-corrected chi connectivity index (χ1v) is 22.5. The predicted molar refractivity (Wildman–Crippen MR) is 189 cm³/mol. The number of benzene rings is 1. The Morgan fingerprint density at radius 2 is 1.70 bits per heavy atom. The van der Waals surface area contributed by atoms with Crippen molar-refractivity contribution in [2.24, 2.45) is 0 Å². The highest BCUT2D eigenvalue weighted by Crippen LogP contribution is 2.37. The highest BCUT2D eigenvalue weighted by atomic mass is 28.3. The zero-order valence-electron chi connectivity index (χ0n) is 28.9. The monoisotopic (exact) mass is 666 g/mol. The number of rotatable bonds is 11. The van der Waals surface area contributed by atoms with Gasteiger partial charge in [-0.25, -0.2) is 0 Å². The van der Waals surface area contributed by atoms with Crippen molar-refractivity contribution in [3.05, 3.63) is 35.6 Å². The highest BCUT2D eigenvalue weighted by Gasteiger charge is 2.44. The molecule has 1 unspecified atom stereocenters. The van der Waals surface area contributed by atoms with E-state index in [2.05, 4.69) is 89.6 Å². The van der Waals surface area contributed by atoms with Gasteiger partial charge in [-0.15, -0.1) is 0 Å². The number of furan rings is 1. The van der Waals surface area contributed by atoms with E-state index in [4.69, 9.17) is 18.6 Å². The molecular formula is C33H50N6O5Si2. The molecule has 0 bridgehead atoms. The number of carbonyl (C=O) groups is 1. The van der Waals surface area contributed by atoms with Crippen molar-refractivity contribution in [1.82, 2.24) is 19.8 Å². The number of likely N-dealkylation sites (N-methyl/N-ethyl adjacent to an activating group) is 1. The number of carbonyl (C=O) groups excluding carboxylic acids is 1. The fraction of sp³-hybridized carbons (Fsp3) is 0.545. The molecule has 1 amide bonds. The first kappa shape index (κ1) is 34.0. The Kier molecular flexibility index (Phi) is 10.2. The Morgan fingerprint density at radius 1 is 1.02 bits per heavy atom. The molecule has 1 fully saturated rings. The number of piperazine rings is 1. The molecule has 1 aromatic carbocycles. The molecule has 1 saturated heterocycles. The fourth-order valence-electron chi connectivity index (χ4n) is 6.54. The van der Waals surface area contributed by atoms with Crippen LogP contribution >= 0.6 is 0 Å². The van der Waals surface area contributed by atoms with Crippen LogP contribution in [0.1, 0.15) is 29.5 Å². The number of nitrogens with one attached hydrogen (secondary N) is 2. The lowest BCUT2D eigenvalue weighted by Gasteiger charge is -2.44. The van der Waals surface area contributed by atoms with E-state index in [-0.39, 0.29) is 29.2 Å².